The second kappa shape index (κ2) is 5.50. The van der Waals surface area contributed by atoms with Gasteiger partial charge in [-0.3, -0.25) is 4.99 Å². The molecule has 1 atom stereocenters. The number of nitrogens with zero attached hydrogens (tertiary/aromatic N) is 1. The van der Waals surface area contributed by atoms with Crippen molar-refractivity contribution in [3.63, 3.8) is 0 Å². The Kier molecular flexibility index (Phi) is 4.26. The first-order valence-electron chi connectivity index (χ1n) is 4.39. The molecular weight excluding hydrogens is 194 g/mol. The highest BCUT2D eigenvalue weighted by atomic mass is 32.1. The maximum Gasteiger partial charge on any atom is 0.119 e. The molecule has 74 valence electrons. The normalized spacial score (nSPS) is 12.7. The predicted molar refractivity (Wildman–Crippen MR) is 63.6 cm³/mol. The van der Waals surface area contributed by atoms with Gasteiger partial charge in [0.15, 0.2) is 0 Å². The van der Waals surface area contributed by atoms with E-state index in [0.29, 0.717) is 0 Å². The fourth-order valence-electron chi connectivity index (χ4n) is 1.15. The number of aliphatic imine (C=N–C) groups is 1. The van der Waals surface area contributed by atoms with Gasteiger partial charge in [0.25, 0.3) is 0 Å². The molecule has 1 aromatic carbocycles. The first-order chi connectivity index (χ1) is 6.77. The van der Waals surface area contributed by atoms with E-state index in [0.717, 1.165) is 11.3 Å². The van der Waals surface area contributed by atoms with Crippen molar-refractivity contribution in [1.82, 2.24) is 0 Å². The summed E-state index contributed by atoms with van der Waals surface area (Å²) in [6, 6.07) is 7.99. The molecule has 3 heteroatoms. The van der Waals surface area contributed by atoms with Crippen LogP contribution in [-0.4, -0.2) is 18.7 Å². The van der Waals surface area contributed by atoms with Crippen molar-refractivity contribution in [3.8, 4) is 5.75 Å². The molecule has 0 aliphatic heterocycles. The van der Waals surface area contributed by atoms with Gasteiger partial charge in [0.05, 0.1) is 13.2 Å². The number of methoxy groups -OCH3 is 1. The maximum absolute atomic E-state index is 5.13. The van der Waals surface area contributed by atoms with Crippen molar-refractivity contribution in [2.45, 2.75) is 13.0 Å². The third-order valence-corrected chi connectivity index (χ3v) is 2.07. The van der Waals surface area contributed by atoms with E-state index in [2.05, 4.69) is 17.2 Å². The molecular formula is C11H13NOS. The van der Waals surface area contributed by atoms with Gasteiger partial charge >= 0.3 is 0 Å². The van der Waals surface area contributed by atoms with E-state index in [4.69, 9.17) is 4.74 Å². The Morgan fingerprint density at radius 1 is 1.50 bits per heavy atom. The lowest BCUT2D eigenvalue weighted by Gasteiger charge is -2.07. The fraction of sp³-hybridized carbons (Fsp3) is 0.273. The second-order valence-corrected chi connectivity index (χ2v) is 3.16. The average Bonchev–Trinajstić information content (AvgIpc) is 2.26. The van der Waals surface area contributed by atoms with Crippen molar-refractivity contribution in [3.05, 3.63) is 29.8 Å². The Morgan fingerprint density at radius 3 is 2.93 bits per heavy atom. The van der Waals surface area contributed by atoms with E-state index >= 15 is 0 Å². The van der Waals surface area contributed by atoms with Crippen LogP contribution < -0.4 is 4.74 Å². The van der Waals surface area contributed by atoms with Gasteiger partial charge in [-0.2, -0.15) is 0 Å². The summed E-state index contributed by atoms with van der Waals surface area (Å²) in [5, 5.41) is 1.51. The SMILES string of the molecule is COc1cccc([C@@H](C)N=CC=S)c1. The highest BCUT2D eigenvalue weighted by Gasteiger charge is 2.02. The molecule has 1 rings (SSSR count). The lowest BCUT2D eigenvalue weighted by molar-refractivity contribution is 0.414. The molecule has 0 aliphatic carbocycles. The van der Waals surface area contributed by atoms with Crippen LogP contribution >= 0.6 is 12.2 Å². The van der Waals surface area contributed by atoms with E-state index in [1.165, 1.54) is 5.37 Å². The van der Waals surface area contributed by atoms with Gasteiger partial charge in [-0.15, -0.1) is 0 Å². The lowest BCUT2D eigenvalue weighted by Crippen LogP contribution is -1.91. The van der Waals surface area contributed by atoms with Crippen molar-refractivity contribution in [2.24, 2.45) is 4.99 Å². The summed E-state index contributed by atoms with van der Waals surface area (Å²) >= 11 is 4.67. The molecule has 0 saturated heterocycles. The largest absolute Gasteiger partial charge is 0.497 e. The molecule has 0 amide bonds. The van der Waals surface area contributed by atoms with Crippen LogP contribution in [0.2, 0.25) is 0 Å². The predicted octanol–water partition coefficient (Wildman–Crippen LogP) is 2.83. The third kappa shape index (κ3) is 2.92. The zero-order valence-electron chi connectivity index (χ0n) is 8.31. The summed E-state index contributed by atoms with van der Waals surface area (Å²) in [7, 11) is 1.66. The van der Waals surface area contributed by atoms with Gasteiger partial charge in [-0.1, -0.05) is 24.4 Å². The van der Waals surface area contributed by atoms with Crippen LogP contribution in [0.1, 0.15) is 18.5 Å². The highest BCUT2D eigenvalue weighted by molar-refractivity contribution is 7.80. The van der Waals surface area contributed by atoms with Gasteiger partial charge in [-0.05, 0) is 24.6 Å². The standard InChI is InChI=1S/C11H13NOS/c1-9(12-6-7-14)10-4-3-5-11(8-10)13-2/h3-9H,1-2H3/t9-/m1/s1. The zero-order valence-corrected chi connectivity index (χ0v) is 9.12. The quantitative estimate of drug-likeness (QED) is 0.559. The van der Waals surface area contributed by atoms with Crippen LogP contribution in [0.5, 0.6) is 5.75 Å². The Hall–Kier alpha value is -1.22. The van der Waals surface area contributed by atoms with E-state index in [1.54, 1.807) is 13.3 Å². The smallest absolute Gasteiger partial charge is 0.119 e. The van der Waals surface area contributed by atoms with Crippen molar-refractivity contribution in [2.75, 3.05) is 7.11 Å². The van der Waals surface area contributed by atoms with E-state index in [9.17, 15) is 0 Å². The van der Waals surface area contributed by atoms with Crippen LogP contribution in [0.3, 0.4) is 0 Å². The molecule has 0 spiro atoms. The first-order valence-corrected chi connectivity index (χ1v) is 4.86. The molecule has 0 aromatic heterocycles. The number of thiocarbonyl (C=S) groups is 1. The minimum absolute atomic E-state index is 0.115. The number of rotatable bonds is 4. The van der Waals surface area contributed by atoms with Crippen molar-refractivity contribution in [1.29, 1.82) is 0 Å². The minimum atomic E-state index is 0.115. The Labute approximate surface area is 89.6 Å². The number of benzene rings is 1. The summed E-state index contributed by atoms with van der Waals surface area (Å²) in [6.07, 6.45) is 1.64. The molecule has 0 N–H and O–H groups in total. The lowest BCUT2D eigenvalue weighted by atomic mass is 10.1. The minimum Gasteiger partial charge on any atom is -0.497 e. The highest BCUT2D eigenvalue weighted by Crippen LogP contribution is 2.20. The fourth-order valence-corrected chi connectivity index (χ4v) is 1.22. The van der Waals surface area contributed by atoms with Crippen LogP contribution in [0.25, 0.3) is 0 Å². The third-order valence-electron chi connectivity index (χ3n) is 1.95. The van der Waals surface area contributed by atoms with Crippen LogP contribution in [0.15, 0.2) is 29.3 Å². The molecule has 0 saturated carbocycles. The molecule has 2 nitrogen and oxygen atoms in total. The molecule has 0 heterocycles. The van der Waals surface area contributed by atoms with Crippen LogP contribution in [0.4, 0.5) is 0 Å². The average molecular weight is 207 g/mol. The molecule has 0 unspecified atom stereocenters. The summed E-state index contributed by atoms with van der Waals surface area (Å²) in [6.45, 7) is 2.02. The van der Waals surface area contributed by atoms with Crippen LogP contribution in [0, 0.1) is 0 Å². The van der Waals surface area contributed by atoms with Gasteiger partial charge < -0.3 is 4.74 Å². The number of ether oxygens (including phenoxy) is 1. The van der Waals surface area contributed by atoms with Crippen molar-refractivity contribution < 1.29 is 4.74 Å². The first kappa shape index (κ1) is 10.9. The molecule has 0 aliphatic rings. The summed E-state index contributed by atoms with van der Waals surface area (Å²) < 4.78 is 5.13. The number of hydrogen-bond acceptors (Lipinski definition) is 3. The van der Waals surface area contributed by atoms with Gasteiger partial charge in [0.2, 0.25) is 0 Å². The van der Waals surface area contributed by atoms with Gasteiger partial charge in [0.1, 0.15) is 5.75 Å². The monoisotopic (exact) mass is 207 g/mol. The van der Waals surface area contributed by atoms with E-state index in [1.807, 2.05) is 31.2 Å². The topological polar surface area (TPSA) is 21.6 Å². The molecule has 0 bridgehead atoms. The summed E-state index contributed by atoms with van der Waals surface area (Å²) in [4.78, 5) is 4.25. The molecule has 0 radical (unpaired) electrons. The summed E-state index contributed by atoms with van der Waals surface area (Å²) in [5.41, 5.74) is 1.12. The number of hydrogen-bond donors (Lipinski definition) is 0. The van der Waals surface area contributed by atoms with Gasteiger partial charge in [-0.25, -0.2) is 0 Å². The second-order valence-electron chi connectivity index (χ2n) is 2.89. The maximum atomic E-state index is 5.13. The molecule has 14 heavy (non-hydrogen) atoms. The van der Waals surface area contributed by atoms with E-state index in [-0.39, 0.29) is 6.04 Å². The summed E-state index contributed by atoms with van der Waals surface area (Å²) in [5.74, 6) is 0.854. The van der Waals surface area contributed by atoms with Crippen LogP contribution in [-0.2, 0) is 0 Å². The Balaban J connectivity index is 2.83. The molecule has 1 aromatic rings. The Bertz CT molecular complexity index is 336. The van der Waals surface area contributed by atoms with E-state index < -0.39 is 0 Å². The zero-order chi connectivity index (χ0) is 10.4. The van der Waals surface area contributed by atoms with Gasteiger partial charge in [0, 0.05) is 11.6 Å². The molecule has 0 fully saturated rings. The van der Waals surface area contributed by atoms with Crippen molar-refractivity contribution >= 4 is 23.8 Å². The Morgan fingerprint density at radius 2 is 2.29 bits per heavy atom.